The van der Waals surface area contributed by atoms with Crippen LogP contribution in [0.15, 0.2) is 24.3 Å². The van der Waals surface area contributed by atoms with Gasteiger partial charge in [0.1, 0.15) is 18.9 Å². The molecule has 0 atom stereocenters. The summed E-state index contributed by atoms with van der Waals surface area (Å²) in [4.78, 5) is 24.6. The lowest BCUT2D eigenvalue weighted by Gasteiger charge is -2.11. The van der Waals surface area contributed by atoms with Crippen LogP contribution in [0, 0.1) is 0 Å². The highest BCUT2D eigenvalue weighted by Gasteiger charge is 2.08. The van der Waals surface area contributed by atoms with Gasteiger partial charge in [0.15, 0.2) is 0 Å². The molecule has 6 nitrogen and oxygen atoms in total. The molecule has 0 aliphatic rings. The summed E-state index contributed by atoms with van der Waals surface area (Å²) >= 11 is 0. The van der Waals surface area contributed by atoms with Crippen LogP contribution in [0.5, 0.6) is 5.75 Å². The molecule has 0 saturated carbocycles. The third kappa shape index (κ3) is 5.71. The van der Waals surface area contributed by atoms with Gasteiger partial charge in [-0.2, -0.15) is 0 Å². The van der Waals surface area contributed by atoms with Crippen molar-refractivity contribution in [1.82, 2.24) is 10.2 Å². The number of carbonyl (C=O) groups is 2. The molecule has 0 aliphatic carbocycles. The Morgan fingerprint density at radius 3 is 2.40 bits per heavy atom. The molecule has 0 aliphatic heterocycles. The summed E-state index contributed by atoms with van der Waals surface area (Å²) in [5, 5.41) is 2.47. The first-order valence-electron chi connectivity index (χ1n) is 6.25. The van der Waals surface area contributed by atoms with Crippen LogP contribution in [0.25, 0.3) is 0 Å². The molecule has 0 fully saturated rings. The fourth-order valence-corrected chi connectivity index (χ4v) is 1.38. The van der Waals surface area contributed by atoms with Crippen LogP contribution in [-0.4, -0.2) is 57.7 Å². The highest BCUT2D eigenvalue weighted by atomic mass is 16.5. The maximum absolute atomic E-state index is 11.7. The van der Waals surface area contributed by atoms with E-state index in [0.717, 1.165) is 6.54 Å². The van der Waals surface area contributed by atoms with Gasteiger partial charge in [0, 0.05) is 12.1 Å². The number of benzene rings is 1. The summed E-state index contributed by atoms with van der Waals surface area (Å²) in [5.41, 5.74) is 0.467. The first-order chi connectivity index (χ1) is 9.52. The van der Waals surface area contributed by atoms with Gasteiger partial charge >= 0.3 is 5.97 Å². The summed E-state index contributed by atoms with van der Waals surface area (Å²) in [6.45, 7) is 1.26. The maximum atomic E-state index is 11.7. The van der Waals surface area contributed by atoms with Gasteiger partial charge < -0.3 is 19.7 Å². The van der Waals surface area contributed by atoms with Gasteiger partial charge in [0.2, 0.25) is 0 Å². The number of amides is 1. The van der Waals surface area contributed by atoms with Crippen molar-refractivity contribution in [3.63, 3.8) is 0 Å². The summed E-state index contributed by atoms with van der Waals surface area (Å²) in [5.74, 6) is -0.103. The van der Waals surface area contributed by atoms with Gasteiger partial charge in [-0.25, -0.2) is 0 Å². The van der Waals surface area contributed by atoms with E-state index < -0.39 is 5.97 Å². The Hall–Kier alpha value is -2.08. The third-order valence-electron chi connectivity index (χ3n) is 2.54. The summed E-state index contributed by atoms with van der Waals surface area (Å²) < 4.78 is 9.96. The van der Waals surface area contributed by atoms with Gasteiger partial charge in [-0.05, 0) is 38.4 Å². The minimum atomic E-state index is -0.484. The second-order valence-electron chi connectivity index (χ2n) is 4.43. The van der Waals surface area contributed by atoms with Crippen LogP contribution in [-0.2, 0) is 9.53 Å². The number of methoxy groups -OCH3 is 1. The van der Waals surface area contributed by atoms with Crippen molar-refractivity contribution in [1.29, 1.82) is 0 Å². The quantitative estimate of drug-likeness (QED) is 0.738. The largest absolute Gasteiger partial charge is 0.492 e. The minimum Gasteiger partial charge on any atom is -0.492 e. The van der Waals surface area contributed by atoms with E-state index in [1.165, 1.54) is 7.11 Å². The summed E-state index contributed by atoms with van der Waals surface area (Å²) in [6.07, 6.45) is 0. The van der Waals surface area contributed by atoms with E-state index >= 15 is 0 Å². The molecule has 20 heavy (non-hydrogen) atoms. The van der Waals surface area contributed by atoms with Crippen molar-refractivity contribution in [2.24, 2.45) is 0 Å². The second kappa shape index (κ2) is 8.16. The van der Waals surface area contributed by atoms with Crippen LogP contribution in [0.3, 0.4) is 0 Å². The predicted octanol–water partition coefficient (Wildman–Crippen LogP) is 0.530. The van der Waals surface area contributed by atoms with Crippen LogP contribution >= 0.6 is 0 Å². The normalized spacial score (nSPS) is 10.2. The van der Waals surface area contributed by atoms with Crippen molar-refractivity contribution < 1.29 is 19.1 Å². The Labute approximate surface area is 118 Å². The number of hydrogen-bond acceptors (Lipinski definition) is 5. The highest BCUT2D eigenvalue weighted by molar-refractivity contribution is 5.95. The molecule has 6 heteroatoms. The van der Waals surface area contributed by atoms with Crippen LogP contribution in [0.1, 0.15) is 10.4 Å². The zero-order valence-corrected chi connectivity index (χ0v) is 12.0. The second-order valence-corrected chi connectivity index (χ2v) is 4.43. The Morgan fingerprint density at radius 1 is 1.20 bits per heavy atom. The number of hydrogen-bond donors (Lipinski definition) is 1. The zero-order valence-electron chi connectivity index (χ0n) is 12.0. The number of esters is 1. The van der Waals surface area contributed by atoms with Crippen molar-refractivity contribution in [2.75, 3.05) is 40.9 Å². The van der Waals surface area contributed by atoms with Gasteiger partial charge in [-0.15, -0.1) is 0 Å². The lowest BCUT2D eigenvalue weighted by atomic mass is 10.2. The van der Waals surface area contributed by atoms with E-state index in [0.29, 0.717) is 17.9 Å². The van der Waals surface area contributed by atoms with E-state index in [9.17, 15) is 9.59 Å². The molecule has 0 spiro atoms. The van der Waals surface area contributed by atoms with Crippen molar-refractivity contribution in [3.05, 3.63) is 29.8 Å². The lowest BCUT2D eigenvalue weighted by molar-refractivity contribution is -0.139. The average molecular weight is 280 g/mol. The molecule has 0 radical (unpaired) electrons. The van der Waals surface area contributed by atoms with Crippen LogP contribution in [0.4, 0.5) is 0 Å². The molecule has 1 aromatic rings. The molecule has 0 saturated heterocycles. The molecule has 1 amide bonds. The van der Waals surface area contributed by atoms with Crippen LogP contribution < -0.4 is 10.1 Å². The maximum Gasteiger partial charge on any atom is 0.325 e. The van der Waals surface area contributed by atoms with E-state index in [4.69, 9.17) is 4.74 Å². The SMILES string of the molecule is COC(=O)CNC(=O)c1ccc(OCCN(C)C)cc1. The van der Waals surface area contributed by atoms with Gasteiger partial charge in [-0.1, -0.05) is 0 Å². The third-order valence-corrected chi connectivity index (χ3v) is 2.54. The molecule has 1 rings (SSSR count). The van der Waals surface area contributed by atoms with Gasteiger partial charge in [-0.3, -0.25) is 9.59 Å². The van der Waals surface area contributed by atoms with Gasteiger partial charge in [0.05, 0.1) is 7.11 Å². The van der Waals surface area contributed by atoms with Crippen LogP contribution in [0.2, 0.25) is 0 Å². The number of nitrogens with zero attached hydrogens (tertiary/aromatic N) is 1. The molecular weight excluding hydrogens is 260 g/mol. The van der Waals surface area contributed by atoms with Gasteiger partial charge in [0.25, 0.3) is 5.91 Å². The standard InChI is InChI=1S/C14H20N2O4/c1-16(2)8-9-20-12-6-4-11(5-7-12)14(18)15-10-13(17)19-3/h4-7H,8-10H2,1-3H3,(H,15,18). The number of ether oxygens (including phenoxy) is 2. The summed E-state index contributed by atoms with van der Waals surface area (Å²) in [7, 11) is 5.21. The number of likely N-dealkylation sites (N-methyl/N-ethyl adjacent to an activating group) is 1. The van der Waals surface area contributed by atoms with E-state index in [1.807, 2.05) is 19.0 Å². The Kier molecular flexibility index (Phi) is 6.52. The topological polar surface area (TPSA) is 67.9 Å². The molecule has 1 aromatic carbocycles. The molecule has 0 heterocycles. The molecule has 0 aromatic heterocycles. The van der Waals surface area contributed by atoms with Crippen molar-refractivity contribution in [3.8, 4) is 5.75 Å². The lowest BCUT2D eigenvalue weighted by Crippen LogP contribution is -2.30. The Balaban J connectivity index is 2.45. The highest BCUT2D eigenvalue weighted by Crippen LogP contribution is 2.12. The fourth-order valence-electron chi connectivity index (χ4n) is 1.38. The average Bonchev–Trinajstić information content (AvgIpc) is 2.44. The first kappa shape index (κ1) is 16.0. The van der Waals surface area contributed by atoms with E-state index in [1.54, 1.807) is 24.3 Å². The monoisotopic (exact) mass is 280 g/mol. The zero-order chi connectivity index (χ0) is 15.0. The molecule has 110 valence electrons. The molecular formula is C14H20N2O4. The van der Waals surface area contributed by atoms with Crippen molar-refractivity contribution >= 4 is 11.9 Å². The smallest absolute Gasteiger partial charge is 0.325 e. The first-order valence-corrected chi connectivity index (χ1v) is 6.25. The number of rotatable bonds is 7. The molecule has 1 N–H and O–H groups in total. The Bertz CT molecular complexity index is 443. The van der Waals surface area contributed by atoms with E-state index in [-0.39, 0.29) is 12.5 Å². The fraction of sp³-hybridized carbons (Fsp3) is 0.429. The summed E-state index contributed by atoms with van der Waals surface area (Å²) in [6, 6.07) is 6.75. The molecule has 0 unspecified atom stereocenters. The number of nitrogens with one attached hydrogen (secondary N) is 1. The minimum absolute atomic E-state index is 0.142. The predicted molar refractivity (Wildman–Crippen MR) is 74.8 cm³/mol. The Morgan fingerprint density at radius 2 is 1.85 bits per heavy atom. The van der Waals surface area contributed by atoms with Crippen molar-refractivity contribution in [2.45, 2.75) is 0 Å². The molecule has 0 bridgehead atoms. The van der Waals surface area contributed by atoms with E-state index in [2.05, 4.69) is 10.1 Å². The number of carbonyl (C=O) groups excluding carboxylic acids is 2.